The SMILES string of the molecule is CCCC(CCC)NC(C)SC(CC)CC.O=[N+]([O-])C1CCCCC1. The molecule has 25 heavy (non-hydrogen) atoms. The Labute approximate surface area is 160 Å². The lowest BCUT2D eigenvalue weighted by molar-refractivity contribution is -0.526. The van der Waals surface area contributed by atoms with E-state index in [2.05, 4.69) is 51.7 Å². The van der Waals surface area contributed by atoms with E-state index in [0.717, 1.165) is 37.0 Å². The Hall–Kier alpha value is -0.290. The molecule has 0 heterocycles. The zero-order valence-corrected chi connectivity index (χ0v) is 18.1. The Morgan fingerprint density at radius 1 is 1.04 bits per heavy atom. The first kappa shape index (κ1) is 24.7. The molecular formula is C20H42N2O2S. The summed E-state index contributed by atoms with van der Waals surface area (Å²) in [6.45, 7) is 11.5. The molecule has 0 aromatic heterocycles. The van der Waals surface area contributed by atoms with Crippen LogP contribution in [-0.4, -0.2) is 27.6 Å². The molecule has 1 rings (SSSR count). The Bertz CT molecular complexity index is 313. The van der Waals surface area contributed by atoms with E-state index in [1.807, 2.05) is 0 Å². The van der Waals surface area contributed by atoms with Crippen LogP contribution in [0.25, 0.3) is 0 Å². The van der Waals surface area contributed by atoms with Crippen LogP contribution in [0, 0.1) is 10.1 Å². The molecule has 5 heteroatoms. The minimum Gasteiger partial charge on any atom is -0.303 e. The Kier molecular flexibility index (Phi) is 15.7. The molecule has 150 valence electrons. The van der Waals surface area contributed by atoms with Crippen molar-refractivity contribution < 1.29 is 4.92 Å². The maximum Gasteiger partial charge on any atom is 0.213 e. The molecule has 1 saturated carbocycles. The lowest BCUT2D eigenvalue weighted by atomic mass is 9.96. The standard InChI is InChI=1S/C14H31NS.C6H11NO2/c1-6-10-13(11-7-2)15-12(5)16-14(8-3)9-4;8-7(9)6-4-2-1-3-5-6/h12-15H,6-11H2,1-5H3;6H,1-5H2. The van der Waals surface area contributed by atoms with E-state index in [0.29, 0.717) is 5.37 Å². The summed E-state index contributed by atoms with van der Waals surface area (Å²) in [5, 5.41) is 15.4. The predicted octanol–water partition coefficient (Wildman–Crippen LogP) is 6.41. The summed E-state index contributed by atoms with van der Waals surface area (Å²) >= 11 is 2.11. The molecule has 1 N–H and O–H groups in total. The minimum absolute atomic E-state index is 0.140. The second kappa shape index (κ2) is 15.9. The number of nitro groups is 1. The van der Waals surface area contributed by atoms with Gasteiger partial charge in [0.1, 0.15) is 0 Å². The molecule has 1 aliphatic carbocycles. The molecule has 0 radical (unpaired) electrons. The molecule has 0 spiro atoms. The lowest BCUT2D eigenvalue weighted by Gasteiger charge is -2.25. The third-order valence-corrected chi connectivity index (χ3v) is 6.52. The van der Waals surface area contributed by atoms with Gasteiger partial charge in [-0.05, 0) is 45.4 Å². The van der Waals surface area contributed by atoms with E-state index in [1.54, 1.807) is 0 Å². The van der Waals surface area contributed by atoms with Crippen molar-refractivity contribution in [2.75, 3.05) is 0 Å². The van der Waals surface area contributed by atoms with Gasteiger partial charge in [0.05, 0.1) is 5.37 Å². The molecular weight excluding hydrogens is 332 g/mol. The zero-order valence-electron chi connectivity index (χ0n) is 17.3. The summed E-state index contributed by atoms with van der Waals surface area (Å²) < 4.78 is 0. The van der Waals surface area contributed by atoms with E-state index in [-0.39, 0.29) is 11.0 Å². The fourth-order valence-corrected chi connectivity index (χ4v) is 4.67. The quantitative estimate of drug-likeness (QED) is 0.258. The third-order valence-electron chi connectivity index (χ3n) is 4.92. The van der Waals surface area contributed by atoms with E-state index in [4.69, 9.17) is 0 Å². The number of thioether (sulfide) groups is 1. The number of nitrogens with one attached hydrogen (secondary N) is 1. The molecule has 4 nitrogen and oxygen atoms in total. The van der Waals surface area contributed by atoms with Gasteiger partial charge >= 0.3 is 0 Å². The van der Waals surface area contributed by atoms with Gasteiger partial charge < -0.3 is 5.32 Å². The maximum atomic E-state index is 10.2. The van der Waals surface area contributed by atoms with Crippen molar-refractivity contribution in [3.63, 3.8) is 0 Å². The van der Waals surface area contributed by atoms with Crippen LogP contribution in [0.4, 0.5) is 0 Å². The second-order valence-electron chi connectivity index (χ2n) is 7.23. The first-order chi connectivity index (χ1) is 12.0. The van der Waals surface area contributed by atoms with Crippen LogP contribution in [-0.2, 0) is 0 Å². The van der Waals surface area contributed by atoms with Crippen molar-refractivity contribution >= 4 is 11.8 Å². The highest BCUT2D eigenvalue weighted by atomic mass is 32.2. The highest BCUT2D eigenvalue weighted by molar-refractivity contribution is 8.00. The maximum absolute atomic E-state index is 10.2. The average molecular weight is 375 g/mol. The normalized spacial score (nSPS) is 16.6. The molecule has 1 atom stereocenters. The molecule has 0 bridgehead atoms. The topological polar surface area (TPSA) is 55.2 Å². The van der Waals surface area contributed by atoms with Gasteiger partial charge in [0.25, 0.3) is 0 Å². The highest BCUT2D eigenvalue weighted by Gasteiger charge is 2.22. The summed E-state index contributed by atoms with van der Waals surface area (Å²) in [6, 6.07) is 0.505. The van der Waals surface area contributed by atoms with Gasteiger partial charge in [-0.25, -0.2) is 0 Å². The van der Waals surface area contributed by atoms with Crippen LogP contribution in [0.1, 0.15) is 105 Å². The van der Waals surface area contributed by atoms with Crippen LogP contribution in [0.5, 0.6) is 0 Å². The smallest absolute Gasteiger partial charge is 0.213 e. The number of hydrogen-bond donors (Lipinski definition) is 1. The number of hydrogen-bond acceptors (Lipinski definition) is 4. The summed E-state index contributed by atoms with van der Waals surface area (Å²) in [4.78, 5) is 10.0. The van der Waals surface area contributed by atoms with Crippen LogP contribution in [0.2, 0.25) is 0 Å². The van der Waals surface area contributed by atoms with Gasteiger partial charge in [-0.3, -0.25) is 10.1 Å². The van der Waals surface area contributed by atoms with E-state index in [9.17, 15) is 10.1 Å². The molecule has 0 amide bonds. The third kappa shape index (κ3) is 12.7. The molecule has 1 unspecified atom stereocenters. The average Bonchev–Trinajstić information content (AvgIpc) is 2.61. The predicted molar refractivity (Wildman–Crippen MR) is 112 cm³/mol. The first-order valence-corrected chi connectivity index (χ1v) is 11.5. The van der Waals surface area contributed by atoms with E-state index < -0.39 is 0 Å². The van der Waals surface area contributed by atoms with Crippen molar-refractivity contribution in [3.05, 3.63) is 10.1 Å². The Morgan fingerprint density at radius 2 is 1.56 bits per heavy atom. The van der Waals surface area contributed by atoms with Crippen LogP contribution in [0.3, 0.4) is 0 Å². The van der Waals surface area contributed by atoms with Gasteiger partial charge in [-0.1, -0.05) is 47.0 Å². The summed E-state index contributed by atoms with van der Waals surface area (Å²) in [5.74, 6) is 0. The molecule has 0 aromatic rings. The summed E-state index contributed by atoms with van der Waals surface area (Å²) in [7, 11) is 0. The molecule has 0 saturated heterocycles. The van der Waals surface area contributed by atoms with Crippen molar-refractivity contribution in [1.29, 1.82) is 0 Å². The van der Waals surface area contributed by atoms with Crippen LogP contribution >= 0.6 is 11.8 Å². The summed E-state index contributed by atoms with van der Waals surface area (Å²) in [6.07, 6.45) is 12.7. The number of rotatable bonds is 11. The Balaban J connectivity index is 0.000000535. The second-order valence-corrected chi connectivity index (χ2v) is 8.88. The molecule has 0 aliphatic heterocycles. The van der Waals surface area contributed by atoms with Gasteiger partial charge in [-0.2, -0.15) is 0 Å². The first-order valence-electron chi connectivity index (χ1n) is 10.5. The van der Waals surface area contributed by atoms with Gasteiger partial charge in [-0.15, -0.1) is 11.8 Å². The fraction of sp³-hybridized carbons (Fsp3) is 1.00. The van der Waals surface area contributed by atoms with E-state index in [1.165, 1.54) is 44.9 Å². The van der Waals surface area contributed by atoms with E-state index >= 15 is 0 Å². The molecule has 0 aromatic carbocycles. The van der Waals surface area contributed by atoms with Gasteiger partial charge in [0.15, 0.2) is 0 Å². The van der Waals surface area contributed by atoms with Gasteiger partial charge in [0, 0.05) is 29.1 Å². The van der Waals surface area contributed by atoms with Crippen LogP contribution < -0.4 is 5.32 Å². The van der Waals surface area contributed by atoms with Crippen molar-refractivity contribution in [3.8, 4) is 0 Å². The fourth-order valence-electron chi connectivity index (χ4n) is 3.44. The van der Waals surface area contributed by atoms with Crippen molar-refractivity contribution in [2.45, 2.75) is 128 Å². The van der Waals surface area contributed by atoms with Crippen molar-refractivity contribution in [1.82, 2.24) is 5.32 Å². The number of nitrogens with zero attached hydrogens (tertiary/aromatic N) is 1. The van der Waals surface area contributed by atoms with Crippen molar-refractivity contribution in [2.24, 2.45) is 0 Å². The van der Waals surface area contributed by atoms with Crippen LogP contribution in [0.15, 0.2) is 0 Å². The lowest BCUT2D eigenvalue weighted by Crippen LogP contribution is -2.35. The van der Waals surface area contributed by atoms with Gasteiger partial charge in [0.2, 0.25) is 6.04 Å². The highest BCUT2D eigenvalue weighted by Crippen LogP contribution is 2.22. The summed E-state index contributed by atoms with van der Waals surface area (Å²) in [5.41, 5.74) is 0. The monoisotopic (exact) mass is 374 g/mol. The largest absolute Gasteiger partial charge is 0.303 e. The molecule has 1 aliphatic rings. The zero-order chi connectivity index (χ0) is 19.1. The Morgan fingerprint density at radius 3 is 1.92 bits per heavy atom. The minimum atomic E-state index is -0.223. The molecule has 1 fully saturated rings.